The van der Waals surface area contributed by atoms with Gasteiger partial charge in [0.1, 0.15) is 0 Å². The van der Waals surface area contributed by atoms with E-state index in [2.05, 4.69) is 28.5 Å². The van der Waals surface area contributed by atoms with Gasteiger partial charge in [-0.05, 0) is 62.8 Å². The third-order valence-electron chi connectivity index (χ3n) is 4.91. The first-order valence-corrected chi connectivity index (χ1v) is 11.2. The predicted molar refractivity (Wildman–Crippen MR) is 114 cm³/mol. The molecule has 3 aromatic rings. The number of nitrogens with zero attached hydrogens (tertiary/aromatic N) is 2. The van der Waals surface area contributed by atoms with Gasteiger partial charge in [-0.25, -0.2) is 0 Å². The fourth-order valence-electron chi connectivity index (χ4n) is 3.25. The lowest BCUT2D eigenvalue weighted by molar-refractivity contribution is -0.115. The Balaban J connectivity index is 1.40. The average Bonchev–Trinajstić information content (AvgIpc) is 3.29. The van der Waals surface area contributed by atoms with Crippen molar-refractivity contribution >= 4 is 34.7 Å². The molecule has 0 saturated heterocycles. The van der Waals surface area contributed by atoms with Crippen LogP contribution in [0.5, 0.6) is 0 Å². The normalized spacial score (nSPS) is 17.2. The zero-order chi connectivity index (χ0) is 19.7. The molecule has 0 fully saturated rings. The summed E-state index contributed by atoms with van der Waals surface area (Å²) < 4.78 is 5.83. The Morgan fingerprint density at radius 2 is 2.11 bits per heavy atom. The van der Waals surface area contributed by atoms with Crippen molar-refractivity contribution in [3.63, 3.8) is 0 Å². The quantitative estimate of drug-likeness (QED) is 0.571. The SMILES string of the molecule is Cc1ccc(NC(=O)[C@H](C)Sc2nnc(-c3cc4c(s3)CC[C@@H](C)C4)o2)cc1. The summed E-state index contributed by atoms with van der Waals surface area (Å²) in [5.74, 6) is 1.19. The number of benzene rings is 1. The molecule has 2 heterocycles. The molecule has 1 amide bonds. The molecule has 28 heavy (non-hydrogen) atoms. The van der Waals surface area contributed by atoms with Crippen molar-refractivity contribution in [1.82, 2.24) is 10.2 Å². The molecule has 0 unspecified atom stereocenters. The summed E-state index contributed by atoms with van der Waals surface area (Å²) in [5, 5.41) is 11.3. The first-order chi connectivity index (χ1) is 13.5. The number of aryl methyl sites for hydroxylation is 2. The Morgan fingerprint density at radius 1 is 1.32 bits per heavy atom. The number of thiophene rings is 1. The highest BCUT2D eigenvalue weighted by atomic mass is 32.2. The fourth-order valence-corrected chi connectivity index (χ4v) is 5.07. The number of carbonyl (C=O) groups excluding carboxylic acids is 1. The molecule has 2 aromatic heterocycles. The zero-order valence-corrected chi connectivity index (χ0v) is 17.8. The fraction of sp³-hybridized carbons (Fsp3) is 0.381. The first kappa shape index (κ1) is 19.2. The van der Waals surface area contributed by atoms with Gasteiger partial charge in [0.05, 0.1) is 10.1 Å². The van der Waals surface area contributed by atoms with Crippen LogP contribution in [0.4, 0.5) is 5.69 Å². The van der Waals surface area contributed by atoms with E-state index in [0.29, 0.717) is 11.1 Å². The average molecular weight is 414 g/mol. The smallest absolute Gasteiger partial charge is 0.277 e. The van der Waals surface area contributed by atoms with E-state index in [1.165, 1.54) is 28.6 Å². The van der Waals surface area contributed by atoms with Gasteiger partial charge in [-0.3, -0.25) is 4.79 Å². The highest BCUT2D eigenvalue weighted by Crippen LogP contribution is 2.37. The van der Waals surface area contributed by atoms with Crippen LogP contribution >= 0.6 is 23.1 Å². The van der Waals surface area contributed by atoms with Crippen LogP contribution in [0, 0.1) is 12.8 Å². The van der Waals surface area contributed by atoms with E-state index >= 15 is 0 Å². The Morgan fingerprint density at radius 3 is 2.89 bits per heavy atom. The predicted octanol–water partition coefficient (Wildman–Crippen LogP) is 5.35. The molecule has 1 aliphatic rings. The van der Waals surface area contributed by atoms with Gasteiger partial charge in [0, 0.05) is 10.6 Å². The maximum absolute atomic E-state index is 12.4. The molecular weight excluding hydrogens is 390 g/mol. The molecule has 0 saturated carbocycles. The second kappa shape index (κ2) is 8.09. The van der Waals surface area contributed by atoms with Gasteiger partial charge in [0.25, 0.3) is 11.1 Å². The van der Waals surface area contributed by atoms with Crippen LogP contribution in [0.3, 0.4) is 0 Å². The number of rotatable bonds is 5. The minimum Gasteiger partial charge on any atom is -0.410 e. The standard InChI is InChI=1S/C21H23N3O2S2/c1-12-4-7-16(8-5-12)22-19(25)14(3)27-21-24-23-20(26-21)18-11-15-10-13(2)6-9-17(15)28-18/h4-5,7-8,11,13-14H,6,9-10H2,1-3H3,(H,22,25)/t13-,14+/m1/s1. The Bertz CT molecular complexity index is 978. The van der Waals surface area contributed by atoms with Crippen LogP contribution in [0.2, 0.25) is 0 Å². The largest absolute Gasteiger partial charge is 0.410 e. The van der Waals surface area contributed by atoms with Gasteiger partial charge in [-0.1, -0.05) is 36.4 Å². The number of carbonyl (C=O) groups is 1. The second-order valence-electron chi connectivity index (χ2n) is 7.40. The number of nitrogens with one attached hydrogen (secondary N) is 1. The highest BCUT2D eigenvalue weighted by molar-refractivity contribution is 8.00. The van der Waals surface area contributed by atoms with E-state index in [0.717, 1.165) is 34.9 Å². The molecule has 1 aromatic carbocycles. The van der Waals surface area contributed by atoms with E-state index in [1.807, 2.05) is 38.1 Å². The summed E-state index contributed by atoms with van der Waals surface area (Å²) in [5.41, 5.74) is 3.35. The van der Waals surface area contributed by atoms with E-state index in [-0.39, 0.29) is 11.2 Å². The number of anilines is 1. The molecule has 0 spiro atoms. The number of thioether (sulfide) groups is 1. The van der Waals surface area contributed by atoms with Crippen molar-refractivity contribution < 1.29 is 9.21 Å². The van der Waals surface area contributed by atoms with Crippen molar-refractivity contribution in [2.24, 2.45) is 5.92 Å². The van der Waals surface area contributed by atoms with Crippen LogP contribution < -0.4 is 5.32 Å². The zero-order valence-electron chi connectivity index (χ0n) is 16.2. The first-order valence-electron chi connectivity index (χ1n) is 9.47. The number of amides is 1. The minimum atomic E-state index is -0.341. The van der Waals surface area contributed by atoms with Crippen LogP contribution in [0.15, 0.2) is 40.0 Å². The highest BCUT2D eigenvalue weighted by Gasteiger charge is 2.22. The third-order valence-corrected chi connectivity index (χ3v) is 7.07. The summed E-state index contributed by atoms with van der Waals surface area (Å²) >= 11 is 3.02. The van der Waals surface area contributed by atoms with Gasteiger partial charge < -0.3 is 9.73 Å². The minimum absolute atomic E-state index is 0.0887. The number of hydrogen-bond donors (Lipinski definition) is 1. The lowest BCUT2D eigenvalue weighted by atomic mass is 9.90. The molecule has 1 aliphatic carbocycles. The van der Waals surface area contributed by atoms with Gasteiger partial charge in [-0.2, -0.15) is 0 Å². The number of aromatic nitrogens is 2. The van der Waals surface area contributed by atoms with Gasteiger partial charge >= 0.3 is 0 Å². The van der Waals surface area contributed by atoms with Crippen LogP contribution in [0.25, 0.3) is 10.8 Å². The molecule has 0 radical (unpaired) electrons. The van der Waals surface area contributed by atoms with Crippen molar-refractivity contribution in [1.29, 1.82) is 0 Å². The summed E-state index contributed by atoms with van der Waals surface area (Å²) in [6, 6.07) is 9.92. The van der Waals surface area contributed by atoms with Gasteiger partial charge in [0.2, 0.25) is 5.91 Å². The van der Waals surface area contributed by atoms with Crippen LogP contribution in [-0.4, -0.2) is 21.4 Å². The molecule has 0 aliphatic heterocycles. The maximum Gasteiger partial charge on any atom is 0.277 e. The summed E-state index contributed by atoms with van der Waals surface area (Å²) in [6.07, 6.45) is 3.50. The molecule has 7 heteroatoms. The Labute approximate surface area is 173 Å². The molecule has 1 N–H and O–H groups in total. The third kappa shape index (κ3) is 4.31. The van der Waals surface area contributed by atoms with E-state index in [9.17, 15) is 4.79 Å². The van der Waals surface area contributed by atoms with Crippen molar-refractivity contribution in [2.45, 2.75) is 50.5 Å². The van der Waals surface area contributed by atoms with Crippen LogP contribution in [0.1, 0.15) is 36.3 Å². The van der Waals surface area contributed by atoms with E-state index in [4.69, 9.17) is 4.42 Å². The topological polar surface area (TPSA) is 68.0 Å². The van der Waals surface area contributed by atoms with Gasteiger partial charge in [-0.15, -0.1) is 21.5 Å². The maximum atomic E-state index is 12.4. The second-order valence-corrected chi connectivity index (χ2v) is 9.82. The van der Waals surface area contributed by atoms with Gasteiger partial charge in [0.15, 0.2) is 0 Å². The summed E-state index contributed by atoms with van der Waals surface area (Å²) in [4.78, 5) is 14.9. The Hall–Kier alpha value is -2.12. The monoisotopic (exact) mass is 413 g/mol. The number of hydrogen-bond acceptors (Lipinski definition) is 6. The van der Waals surface area contributed by atoms with Crippen molar-refractivity contribution in [3.05, 3.63) is 46.3 Å². The lowest BCUT2D eigenvalue weighted by Crippen LogP contribution is -2.22. The number of fused-ring (bicyclic) bond motifs is 1. The molecular formula is C21H23N3O2S2. The molecule has 146 valence electrons. The van der Waals surface area contributed by atoms with Crippen molar-refractivity contribution in [3.8, 4) is 10.8 Å². The summed E-state index contributed by atoms with van der Waals surface area (Å²) in [6.45, 7) is 6.15. The molecule has 0 bridgehead atoms. The Kier molecular flexibility index (Phi) is 5.55. The molecule has 5 nitrogen and oxygen atoms in total. The van der Waals surface area contributed by atoms with E-state index < -0.39 is 0 Å². The van der Waals surface area contributed by atoms with Crippen LogP contribution in [-0.2, 0) is 17.6 Å². The molecule has 2 atom stereocenters. The van der Waals surface area contributed by atoms with Crippen molar-refractivity contribution in [2.75, 3.05) is 5.32 Å². The summed E-state index contributed by atoms with van der Waals surface area (Å²) in [7, 11) is 0. The molecule has 4 rings (SSSR count). The van der Waals surface area contributed by atoms with E-state index in [1.54, 1.807) is 11.3 Å². The lowest BCUT2D eigenvalue weighted by Gasteiger charge is -2.16.